The third-order valence-corrected chi connectivity index (χ3v) is 0. The first-order valence-electron chi connectivity index (χ1n) is 0.577. The first kappa shape index (κ1) is 8.86. The summed E-state index contributed by atoms with van der Waals surface area (Å²) in [5, 5.41) is 0. The summed E-state index contributed by atoms with van der Waals surface area (Å²) >= 11 is 0. The zero-order valence-corrected chi connectivity index (χ0v) is 1.65. The van der Waals surface area contributed by atoms with Crippen LogP contribution in [0, 0.1) is 0 Å². The molecule has 0 aromatic carbocycles. The molecule has 0 unspecified atom stereocenters. The molecule has 0 saturated carbocycles. The van der Waals surface area contributed by atoms with Crippen molar-refractivity contribution in [2.45, 2.75) is 0 Å². The second-order valence-corrected chi connectivity index (χ2v) is 0.167. The van der Waals surface area contributed by atoms with Crippen LogP contribution in [-0.2, 0) is 0 Å². The van der Waals surface area contributed by atoms with Crippen LogP contribution in [0.25, 0.3) is 0 Å². The van der Waals surface area contributed by atoms with Gasteiger partial charge in [0.15, 0.2) is 0 Å². The fourth-order valence-corrected chi connectivity index (χ4v) is 0. The molecule has 0 aromatic rings. The van der Waals surface area contributed by atoms with E-state index in [0.717, 1.165) is 0 Å². The average Bonchev–Trinajstić information content (AvgIpc) is 0.918. The summed E-state index contributed by atoms with van der Waals surface area (Å²) in [6.07, 6.45) is 0. The summed E-state index contributed by atoms with van der Waals surface area (Å²) < 4.78 is 0. The fourth-order valence-electron chi connectivity index (χ4n) is 0. The van der Waals surface area contributed by atoms with Gasteiger partial charge in [-0.25, -0.2) is 0 Å². The minimum atomic E-state index is 0. The van der Waals surface area contributed by atoms with E-state index < -0.39 is 0 Å². The number of rotatable bonds is 0. The molecule has 0 aliphatic heterocycles. The monoisotopic (exact) mass is 71.0 g/mol. The molecule has 0 aliphatic carbocycles. The summed E-state index contributed by atoms with van der Waals surface area (Å²) in [5.74, 6) is 8.75. The van der Waals surface area contributed by atoms with E-state index in [1.165, 1.54) is 0 Å². The molecule has 0 bridgehead atoms. The van der Waals surface area contributed by atoms with Gasteiger partial charge in [-0.15, -0.1) is 0 Å². The quantitative estimate of drug-likeness (QED) is 0.170. The van der Waals surface area contributed by atoms with Crippen LogP contribution >= 0.6 is 0 Å². The van der Waals surface area contributed by atoms with Crippen LogP contribution in [0.2, 0.25) is 0 Å². The Morgan fingerprint density at radius 1 is 1.25 bits per heavy atom. The van der Waals surface area contributed by atoms with Crippen LogP contribution in [0.5, 0.6) is 0 Å². The van der Waals surface area contributed by atoms with Gasteiger partial charge in [-0.05, 0) is 0 Å². The van der Waals surface area contributed by atoms with Crippen LogP contribution in [0.4, 0.5) is 0 Å². The Kier molecular flexibility index (Phi) is 20.2. The molecule has 4 heteroatoms. The van der Waals surface area contributed by atoms with Crippen LogP contribution in [0.3, 0.4) is 0 Å². The van der Waals surface area contributed by atoms with E-state index in [0.29, 0.717) is 0 Å². The number of hydrogen-bond donors (Lipinski definition) is 3. The third kappa shape index (κ3) is 13.1. The van der Waals surface area contributed by atoms with E-state index in [1.54, 1.807) is 5.53 Å². The molecule has 0 saturated heterocycles. The van der Waals surface area contributed by atoms with Crippen molar-refractivity contribution in [1.29, 1.82) is 0 Å². The maximum atomic E-state index is 4.38. The van der Waals surface area contributed by atoms with Crippen molar-refractivity contribution in [2.75, 3.05) is 0 Å². The molecule has 0 radical (unpaired) electrons. The molecule has 22 valence electrons. The standard InChI is InChI=1S/H5N3.Na.H/c1-3-2;;/h3H,1-2H2;;. The second kappa shape index (κ2) is 9.11. The molecule has 0 heterocycles. The molecule has 0 atom stereocenters. The summed E-state index contributed by atoms with van der Waals surface area (Å²) in [7, 11) is 0. The van der Waals surface area contributed by atoms with Gasteiger partial charge in [0.05, 0.1) is 0 Å². The van der Waals surface area contributed by atoms with Gasteiger partial charge in [0.2, 0.25) is 0 Å². The molecule has 4 heavy (non-hydrogen) atoms. The third-order valence-electron chi connectivity index (χ3n) is 0. The first-order chi connectivity index (χ1) is 1.41. The van der Waals surface area contributed by atoms with Gasteiger partial charge in [-0.3, -0.25) is 11.7 Å². The summed E-state index contributed by atoms with van der Waals surface area (Å²) in [6.45, 7) is 0. The van der Waals surface area contributed by atoms with E-state index in [2.05, 4.69) is 11.7 Å². The molecule has 0 aromatic heterocycles. The van der Waals surface area contributed by atoms with Crippen molar-refractivity contribution in [2.24, 2.45) is 11.7 Å². The molecular formula is H6N3Na. The first-order valence-corrected chi connectivity index (χ1v) is 0.577. The van der Waals surface area contributed by atoms with Gasteiger partial charge < -0.3 is 0 Å². The molecular weight excluding hydrogens is 65.0 g/mol. The fraction of sp³-hybridized carbons (Fsp3) is 0. The summed E-state index contributed by atoms with van der Waals surface area (Å²) in [5.41, 5.74) is 1.75. The molecule has 0 aliphatic rings. The van der Waals surface area contributed by atoms with Gasteiger partial charge in [0.25, 0.3) is 0 Å². The van der Waals surface area contributed by atoms with E-state index in [1.807, 2.05) is 0 Å². The zero-order valence-electron chi connectivity index (χ0n) is 1.65. The van der Waals surface area contributed by atoms with Crippen molar-refractivity contribution in [1.82, 2.24) is 5.53 Å². The molecule has 0 amide bonds. The van der Waals surface area contributed by atoms with Crippen LogP contribution in [0.15, 0.2) is 0 Å². The number of hydrogen-bond acceptors (Lipinski definition) is 3. The van der Waals surface area contributed by atoms with Crippen molar-refractivity contribution in [3.05, 3.63) is 0 Å². The Balaban J connectivity index is 0. The molecule has 0 rings (SSSR count). The minimum absolute atomic E-state index is 0. The maximum absolute atomic E-state index is 4.38. The average molecular weight is 71.1 g/mol. The normalized spacial score (nSPS) is 4.50. The Hall–Kier alpha value is 0.880. The van der Waals surface area contributed by atoms with Gasteiger partial charge in [-0.1, -0.05) is 0 Å². The number of hydrazine groups is 2. The van der Waals surface area contributed by atoms with Crippen molar-refractivity contribution < 1.29 is 0 Å². The summed E-state index contributed by atoms with van der Waals surface area (Å²) in [6, 6.07) is 0. The van der Waals surface area contributed by atoms with E-state index >= 15 is 0 Å². The topological polar surface area (TPSA) is 64.1 Å². The number of nitrogens with one attached hydrogen (secondary N) is 1. The Morgan fingerprint density at radius 3 is 1.25 bits per heavy atom. The Morgan fingerprint density at radius 2 is 1.25 bits per heavy atom. The van der Waals surface area contributed by atoms with Gasteiger partial charge in [0, 0.05) is 0 Å². The van der Waals surface area contributed by atoms with Crippen molar-refractivity contribution >= 4 is 29.6 Å². The zero-order chi connectivity index (χ0) is 2.71. The number of nitrogens with two attached hydrogens (primary N) is 2. The SMILES string of the molecule is NNN.[NaH]. The molecule has 3 nitrogen and oxygen atoms in total. The van der Waals surface area contributed by atoms with Crippen molar-refractivity contribution in [3.63, 3.8) is 0 Å². The van der Waals surface area contributed by atoms with Gasteiger partial charge >= 0.3 is 29.6 Å². The van der Waals surface area contributed by atoms with Gasteiger partial charge in [-0.2, -0.15) is 5.53 Å². The van der Waals surface area contributed by atoms with Gasteiger partial charge in [0.1, 0.15) is 0 Å². The molecule has 5 N–H and O–H groups in total. The van der Waals surface area contributed by atoms with Crippen molar-refractivity contribution in [3.8, 4) is 0 Å². The predicted molar refractivity (Wildman–Crippen MR) is 18.7 cm³/mol. The Labute approximate surface area is 47.0 Å². The molecule has 0 fully saturated rings. The van der Waals surface area contributed by atoms with Crippen LogP contribution < -0.4 is 17.2 Å². The predicted octanol–water partition coefficient (Wildman–Crippen LogP) is -2.33. The van der Waals surface area contributed by atoms with E-state index in [-0.39, 0.29) is 29.6 Å². The van der Waals surface area contributed by atoms with E-state index in [4.69, 9.17) is 0 Å². The summed E-state index contributed by atoms with van der Waals surface area (Å²) in [4.78, 5) is 0. The Bertz CT molecular complexity index is 3.25. The second-order valence-electron chi connectivity index (χ2n) is 0.167. The van der Waals surface area contributed by atoms with Crippen LogP contribution in [0.1, 0.15) is 0 Å². The van der Waals surface area contributed by atoms with E-state index in [9.17, 15) is 0 Å². The van der Waals surface area contributed by atoms with Crippen LogP contribution in [-0.4, -0.2) is 29.6 Å². The molecule has 0 spiro atoms.